The highest BCUT2D eigenvalue weighted by Crippen LogP contribution is 2.33. The van der Waals surface area contributed by atoms with E-state index in [0.717, 1.165) is 43.3 Å². The number of aromatic amines is 1. The Morgan fingerprint density at radius 2 is 2.00 bits per heavy atom. The molecule has 3 rings (SSSR count). The van der Waals surface area contributed by atoms with Crippen molar-refractivity contribution in [2.75, 3.05) is 18.0 Å². The molecule has 5 heteroatoms. The lowest BCUT2D eigenvalue weighted by atomic mass is 9.79. The third-order valence-electron chi connectivity index (χ3n) is 4.10. The van der Waals surface area contributed by atoms with Gasteiger partial charge in [-0.1, -0.05) is 6.92 Å². The Kier molecular flexibility index (Phi) is 3.20. The lowest BCUT2D eigenvalue weighted by Gasteiger charge is -2.40. The molecule has 2 aromatic heterocycles. The molecule has 0 amide bonds. The van der Waals surface area contributed by atoms with Crippen molar-refractivity contribution < 1.29 is 0 Å². The second kappa shape index (κ2) is 4.89. The minimum atomic E-state index is 0.0930. The zero-order chi connectivity index (χ0) is 14.2. The Morgan fingerprint density at radius 1 is 1.25 bits per heavy atom. The van der Waals surface area contributed by atoms with Gasteiger partial charge in [-0.25, -0.2) is 9.97 Å². The van der Waals surface area contributed by atoms with Gasteiger partial charge in [0.2, 0.25) is 5.95 Å². The van der Waals surface area contributed by atoms with E-state index in [4.69, 9.17) is 0 Å². The van der Waals surface area contributed by atoms with E-state index < -0.39 is 0 Å². The summed E-state index contributed by atoms with van der Waals surface area (Å²) in [6.45, 7) is 8.28. The highest BCUT2D eigenvalue weighted by molar-refractivity contribution is 5.35. The number of anilines is 1. The lowest BCUT2D eigenvalue weighted by molar-refractivity contribution is 0.361. The second-order valence-electron chi connectivity index (χ2n) is 6.01. The van der Waals surface area contributed by atoms with E-state index >= 15 is 0 Å². The van der Waals surface area contributed by atoms with Crippen LogP contribution in [0.25, 0.3) is 0 Å². The molecule has 0 aliphatic carbocycles. The number of rotatable bonds is 2. The first kappa shape index (κ1) is 13.1. The third-order valence-corrected chi connectivity index (χ3v) is 4.10. The minimum absolute atomic E-state index is 0.0930. The normalized spacial score (nSPS) is 23.1. The summed E-state index contributed by atoms with van der Waals surface area (Å²) in [5.41, 5.74) is 3.35. The molecule has 1 fully saturated rings. The second-order valence-corrected chi connectivity index (χ2v) is 6.01. The van der Waals surface area contributed by atoms with Crippen LogP contribution >= 0.6 is 0 Å². The van der Waals surface area contributed by atoms with Crippen molar-refractivity contribution >= 4 is 5.95 Å². The smallest absolute Gasteiger partial charge is 0.225 e. The van der Waals surface area contributed by atoms with Crippen LogP contribution in [-0.4, -0.2) is 33.3 Å². The number of aromatic nitrogens is 4. The maximum atomic E-state index is 4.59. The van der Waals surface area contributed by atoms with Gasteiger partial charge in [0.05, 0.1) is 0 Å². The van der Waals surface area contributed by atoms with Crippen LogP contribution < -0.4 is 4.90 Å². The molecule has 0 saturated carbocycles. The summed E-state index contributed by atoms with van der Waals surface area (Å²) in [5, 5.41) is 7.22. The van der Waals surface area contributed by atoms with Crippen molar-refractivity contribution in [1.82, 2.24) is 20.2 Å². The molecule has 1 atom stereocenters. The number of aryl methyl sites for hydroxylation is 2. The standard InChI is InChI=1S/C15H21N5/c1-11-9-12(2)18-14(17-11)20-8-4-6-15(3,10-20)13-5-7-16-19-13/h5,7,9H,4,6,8,10H2,1-3H3,(H,16,19)/t15-/m0/s1. The molecule has 0 spiro atoms. The van der Waals surface area contributed by atoms with Crippen molar-refractivity contribution in [3.8, 4) is 0 Å². The maximum absolute atomic E-state index is 4.59. The van der Waals surface area contributed by atoms with E-state index in [9.17, 15) is 0 Å². The van der Waals surface area contributed by atoms with Gasteiger partial charge in [-0.2, -0.15) is 5.10 Å². The van der Waals surface area contributed by atoms with Crippen LogP contribution in [0.15, 0.2) is 18.3 Å². The number of hydrogen-bond donors (Lipinski definition) is 1. The first-order valence-electron chi connectivity index (χ1n) is 7.14. The van der Waals surface area contributed by atoms with Crippen molar-refractivity contribution in [3.63, 3.8) is 0 Å². The fourth-order valence-electron chi connectivity index (χ4n) is 3.07. The summed E-state index contributed by atoms with van der Waals surface area (Å²) in [4.78, 5) is 11.5. The quantitative estimate of drug-likeness (QED) is 0.911. The average molecular weight is 271 g/mol. The molecule has 106 valence electrons. The Morgan fingerprint density at radius 3 is 2.65 bits per heavy atom. The predicted molar refractivity (Wildman–Crippen MR) is 78.9 cm³/mol. The van der Waals surface area contributed by atoms with Crippen molar-refractivity contribution in [2.45, 2.75) is 39.0 Å². The predicted octanol–water partition coefficient (Wildman–Crippen LogP) is 2.37. The monoisotopic (exact) mass is 271 g/mol. The fourth-order valence-corrected chi connectivity index (χ4v) is 3.07. The number of piperidine rings is 1. The highest BCUT2D eigenvalue weighted by atomic mass is 15.3. The van der Waals surface area contributed by atoms with Gasteiger partial charge < -0.3 is 4.90 Å². The van der Waals surface area contributed by atoms with Crippen molar-refractivity contribution in [3.05, 3.63) is 35.4 Å². The molecular weight excluding hydrogens is 250 g/mol. The number of nitrogens with zero attached hydrogens (tertiary/aromatic N) is 4. The highest BCUT2D eigenvalue weighted by Gasteiger charge is 2.34. The van der Waals surface area contributed by atoms with Crippen molar-refractivity contribution in [2.24, 2.45) is 0 Å². The third kappa shape index (κ3) is 2.40. The van der Waals surface area contributed by atoms with Gasteiger partial charge in [-0.05, 0) is 38.8 Å². The molecule has 3 heterocycles. The van der Waals surface area contributed by atoms with Gasteiger partial charge in [0.25, 0.3) is 0 Å². The maximum Gasteiger partial charge on any atom is 0.225 e. The zero-order valence-corrected chi connectivity index (χ0v) is 12.3. The minimum Gasteiger partial charge on any atom is -0.340 e. The Balaban J connectivity index is 1.88. The lowest BCUT2D eigenvalue weighted by Crippen LogP contribution is -2.45. The summed E-state index contributed by atoms with van der Waals surface area (Å²) in [6, 6.07) is 4.09. The molecule has 0 bridgehead atoms. The molecule has 1 saturated heterocycles. The van der Waals surface area contributed by atoms with Crippen LogP contribution in [0.4, 0.5) is 5.95 Å². The number of hydrogen-bond acceptors (Lipinski definition) is 4. The van der Waals surface area contributed by atoms with Crippen LogP contribution in [0.2, 0.25) is 0 Å². The first-order chi connectivity index (χ1) is 9.57. The van der Waals surface area contributed by atoms with Crippen LogP contribution in [0.1, 0.15) is 36.8 Å². The van der Waals surface area contributed by atoms with Gasteiger partial charge in [0, 0.05) is 41.8 Å². The van der Waals surface area contributed by atoms with E-state index in [1.165, 1.54) is 5.69 Å². The Bertz CT molecular complexity index is 572. The Hall–Kier alpha value is -1.91. The molecule has 20 heavy (non-hydrogen) atoms. The van der Waals surface area contributed by atoms with Crippen LogP contribution in [-0.2, 0) is 5.41 Å². The number of H-pyrrole nitrogens is 1. The van der Waals surface area contributed by atoms with Gasteiger partial charge in [-0.3, -0.25) is 5.10 Å². The van der Waals surface area contributed by atoms with E-state index in [1.807, 2.05) is 26.1 Å². The fraction of sp³-hybridized carbons (Fsp3) is 0.533. The summed E-state index contributed by atoms with van der Waals surface area (Å²) >= 11 is 0. The van der Waals surface area contributed by atoms with Gasteiger partial charge in [-0.15, -0.1) is 0 Å². The van der Waals surface area contributed by atoms with Crippen LogP contribution in [0, 0.1) is 13.8 Å². The number of nitrogens with one attached hydrogen (secondary N) is 1. The molecule has 5 nitrogen and oxygen atoms in total. The largest absolute Gasteiger partial charge is 0.340 e. The van der Waals surface area contributed by atoms with E-state index in [1.54, 1.807) is 0 Å². The Labute approximate surface area is 119 Å². The topological polar surface area (TPSA) is 57.7 Å². The zero-order valence-electron chi connectivity index (χ0n) is 12.3. The molecule has 0 unspecified atom stereocenters. The van der Waals surface area contributed by atoms with Crippen LogP contribution in [0.3, 0.4) is 0 Å². The van der Waals surface area contributed by atoms with E-state index in [0.29, 0.717) is 0 Å². The average Bonchev–Trinajstić information content (AvgIpc) is 2.92. The van der Waals surface area contributed by atoms with Gasteiger partial charge >= 0.3 is 0 Å². The van der Waals surface area contributed by atoms with E-state index in [2.05, 4.69) is 38.1 Å². The van der Waals surface area contributed by atoms with Crippen molar-refractivity contribution in [1.29, 1.82) is 0 Å². The van der Waals surface area contributed by atoms with Gasteiger partial charge in [0.1, 0.15) is 0 Å². The molecule has 1 aliphatic heterocycles. The molecule has 1 aliphatic rings. The van der Waals surface area contributed by atoms with Gasteiger partial charge in [0.15, 0.2) is 0 Å². The summed E-state index contributed by atoms with van der Waals surface area (Å²) in [7, 11) is 0. The summed E-state index contributed by atoms with van der Waals surface area (Å²) < 4.78 is 0. The molecular formula is C15H21N5. The molecule has 1 N–H and O–H groups in total. The summed E-state index contributed by atoms with van der Waals surface area (Å²) in [5.74, 6) is 0.855. The first-order valence-corrected chi connectivity index (χ1v) is 7.14. The molecule has 0 aromatic carbocycles. The van der Waals surface area contributed by atoms with E-state index in [-0.39, 0.29) is 5.41 Å². The van der Waals surface area contributed by atoms with Crippen LogP contribution in [0.5, 0.6) is 0 Å². The summed E-state index contributed by atoms with van der Waals surface area (Å²) in [6.07, 6.45) is 4.13. The SMILES string of the molecule is Cc1cc(C)nc(N2CCC[C@](C)(c3ccn[nH]3)C2)n1. The molecule has 2 aromatic rings. The molecule has 0 radical (unpaired) electrons.